The van der Waals surface area contributed by atoms with Crippen LogP contribution in [0.2, 0.25) is 0 Å². The number of carbonyl (C=O) groups excluding carboxylic acids is 5. The molecule has 3 aromatic carbocycles. The third-order valence-electron chi connectivity index (χ3n) is 11.5. The highest BCUT2D eigenvalue weighted by molar-refractivity contribution is 6.23. The number of imide groups is 2. The summed E-state index contributed by atoms with van der Waals surface area (Å²) in [6.45, 7) is 4.40. The average Bonchev–Trinajstić information content (AvgIpc) is 3.76. The zero-order chi connectivity index (χ0) is 39.9. The van der Waals surface area contributed by atoms with Crippen molar-refractivity contribution in [3.8, 4) is 22.8 Å². The molecule has 4 aliphatic rings. The van der Waals surface area contributed by atoms with Crippen molar-refractivity contribution in [2.75, 3.05) is 56.4 Å². The molecule has 0 saturated carbocycles. The number of para-hydroxylation sites is 1. The summed E-state index contributed by atoms with van der Waals surface area (Å²) in [5.41, 5.74) is 9.67. The number of likely N-dealkylation sites (tertiary alicyclic amines) is 1. The van der Waals surface area contributed by atoms with Crippen LogP contribution < -0.4 is 20.7 Å². The summed E-state index contributed by atoms with van der Waals surface area (Å²) in [6, 6.07) is 22.9. The van der Waals surface area contributed by atoms with Crippen LogP contribution in [0.25, 0.3) is 22.3 Å². The van der Waals surface area contributed by atoms with E-state index < -0.39 is 29.7 Å². The smallest absolute Gasteiger partial charge is 0.263 e. The number of carbonyl (C=O) groups is 5. The number of amides is 5. The topological polar surface area (TPSA) is 189 Å². The third kappa shape index (κ3) is 6.99. The van der Waals surface area contributed by atoms with E-state index in [1.54, 1.807) is 12.1 Å². The maximum Gasteiger partial charge on any atom is 0.263 e. The van der Waals surface area contributed by atoms with Gasteiger partial charge in [-0.1, -0.05) is 18.2 Å². The van der Waals surface area contributed by atoms with Crippen LogP contribution in [0.1, 0.15) is 58.9 Å². The number of nitrogens with zero attached hydrogens (tertiary/aromatic N) is 8. The molecule has 5 amide bonds. The Labute approximate surface area is 333 Å². The number of ether oxygens (including phenoxy) is 1. The maximum atomic E-state index is 13.3. The Morgan fingerprint density at radius 3 is 2.33 bits per heavy atom. The predicted octanol–water partition coefficient (Wildman–Crippen LogP) is 3.44. The lowest BCUT2D eigenvalue weighted by Gasteiger charge is -2.37. The van der Waals surface area contributed by atoms with Crippen LogP contribution in [0.4, 0.5) is 11.5 Å². The lowest BCUT2D eigenvalue weighted by atomic mass is 10.0. The van der Waals surface area contributed by atoms with Crippen LogP contribution in [-0.2, 0) is 14.4 Å². The number of rotatable bonds is 9. The second-order valence-corrected chi connectivity index (χ2v) is 15.0. The van der Waals surface area contributed by atoms with Crippen LogP contribution in [0.15, 0.2) is 73.1 Å². The SMILES string of the molecule is Nc1ncnc2c1c(-c1ccc(Oc3ccccc3)cc1)nn2C1CCN(CCC(=O)N2CCN(c3[c]c4c(cc3)C(=O)N(C3CCC(=O)NC3=O)C4=O)CC2)CC1. The Kier molecular flexibility index (Phi) is 9.77. The van der Waals surface area contributed by atoms with Gasteiger partial charge in [0, 0.05) is 76.0 Å². The van der Waals surface area contributed by atoms with Crippen LogP contribution in [-0.4, -0.2) is 116 Å². The van der Waals surface area contributed by atoms with E-state index in [0.29, 0.717) is 62.0 Å². The Bertz CT molecular complexity index is 2420. The number of fused-ring (bicyclic) bond motifs is 2. The van der Waals surface area contributed by atoms with Gasteiger partial charge in [-0.25, -0.2) is 14.6 Å². The number of aromatic nitrogens is 4. The van der Waals surface area contributed by atoms with Crippen molar-refractivity contribution in [1.82, 2.24) is 39.8 Å². The van der Waals surface area contributed by atoms with E-state index in [1.165, 1.54) is 6.33 Å². The molecule has 0 spiro atoms. The highest BCUT2D eigenvalue weighted by atomic mass is 16.5. The quantitative estimate of drug-likeness (QED) is 0.208. The predicted molar refractivity (Wildman–Crippen MR) is 212 cm³/mol. The molecule has 5 aromatic rings. The Balaban J connectivity index is 0.776. The lowest BCUT2D eigenvalue weighted by molar-refractivity contribution is -0.136. The van der Waals surface area contributed by atoms with Crippen molar-refractivity contribution in [3.63, 3.8) is 0 Å². The largest absolute Gasteiger partial charge is 0.457 e. The van der Waals surface area contributed by atoms with E-state index >= 15 is 0 Å². The Morgan fingerprint density at radius 1 is 0.845 bits per heavy atom. The zero-order valence-corrected chi connectivity index (χ0v) is 31.7. The zero-order valence-electron chi connectivity index (χ0n) is 31.7. The van der Waals surface area contributed by atoms with E-state index in [-0.39, 0.29) is 35.9 Å². The molecule has 3 saturated heterocycles. The first-order chi connectivity index (χ1) is 28.2. The summed E-state index contributed by atoms with van der Waals surface area (Å²) in [7, 11) is 0. The fraction of sp³-hybridized carbons (Fsp3) is 0.333. The fourth-order valence-electron chi connectivity index (χ4n) is 8.32. The molecule has 16 heteroatoms. The molecule has 0 bridgehead atoms. The van der Waals surface area contributed by atoms with Crippen LogP contribution in [0.3, 0.4) is 0 Å². The minimum absolute atomic E-state index is 0.0569. The monoisotopic (exact) mass is 781 g/mol. The molecular formula is C42H41N10O6. The van der Waals surface area contributed by atoms with Crippen molar-refractivity contribution in [3.05, 3.63) is 90.3 Å². The van der Waals surface area contributed by atoms with Gasteiger partial charge in [0.1, 0.15) is 35.4 Å². The van der Waals surface area contributed by atoms with E-state index in [0.717, 1.165) is 53.2 Å². The number of hydrogen-bond acceptors (Lipinski definition) is 12. The molecule has 0 aliphatic carbocycles. The normalized spacial score (nSPS) is 19.2. The lowest BCUT2D eigenvalue weighted by Crippen LogP contribution is -2.54. The van der Waals surface area contributed by atoms with E-state index in [9.17, 15) is 24.0 Å². The Morgan fingerprint density at radius 2 is 1.59 bits per heavy atom. The van der Waals surface area contributed by atoms with Crippen molar-refractivity contribution in [1.29, 1.82) is 0 Å². The number of piperazine rings is 1. The van der Waals surface area contributed by atoms with Gasteiger partial charge >= 0.3 is 0 Å². The molecule has 2 aromatic heterocycles. The summed E-state index contributed by atoms with van der Waals surface area (Å²) in [5.74, 6) is -0.280. The number of piperidine rings is 2. The maximum absolute atomic E-state index is 13.3. The van der Waals surface area contributed by atoms with Crippen molar-refractivity contribution in [2.45, 2.75) is 44.2 Å². The number of anilines is 2. The van der Waals surface area contributed by atoms with Gasteiger partial charge in [-0.05, 0) is 67.8 Å². The fourth-order valence-corrected chi connectivity index (χ4v) is 8.32. The highest BCUT2D eigenvalue weighted by Crippen LogP contribution is 2.36. The number of nitrogens with one attached hydrogen (secondary N) is 1. The van der Waals surface area contributed by atoms with Crippen LogP contribution in [0.5, 0.6) is 11.5 Å². The summed E-state index contributed by atoms with van der Waals surface area (Å²) >= 11 is 0. The molecule has 6 heterocycles. The number of nitrogens with two attached hydrogens (primary N) is 1. The first-order valence-electron chi connectivity index (χ1n) is 19.6. The van der Waals surface area contributed by atoms with Gasteiger partial charge in [0.2, 0.25) is 17.7 Å². The number of benzene rings is 3. The standard InChI is InChI=1S/C42H41N10O6/c43-38-36-37(26-6-9-30(10-7-26)58-29-4-2-1-3-5-29)47-52(39(36)45-25-44-38)27-14-17-48(18-15-27)19-16-35(54)50-22-20-49(21-23-50)28-8-11-31-32(24-28)42(57)51(41(31)56)33-12-13-34(53)46-40(33)55/h1-11,25,27,33H,12-23H2,(H2,43,44,45)(H,46,53,55). The summed E-state index contributed by atoms with van der Waals surface area (Å²) in [6.07, 6.45) is 3.71. The highest BCUT2D eigenvalue weighted by Gasteiger charge is 2.45. The summed E-state index contributed by atoms with van der Waals surface area (Å²) in [4.78, 5) is 79.8. The molecule has 1 unspecified atom stereocenters. The molecule has 3 fully saturated rings. The molecular weight excluding hydrogens is 741 g/mol. The van der Waals surface area contributed by atoms with Crippen LogP contribution in [0, 0.1) is 6.07 Å². The molecule has 58 heavy (non-hydrogen) atoms. The van der Waals surface area contributed by atoms with E-state index in [1.807, 2.05) is 69.1 Å². The van der Waals surface area contributed by atoms with Crippen molar-refractivity contribution >= 4 is 52.1 Å². The van der Waals surface area contributed by atoms with Gasteiger partial charge in [0.25, 0.3) is 11.8 Å². The van der Waals surface area contributed by atoms with Gasteiger partial charge < -0.3 is 25.2 Å². The average molecular weight is 782 g/mol. The van der Waals surface area contributed by atoms with E-state index in [2.05, 4.69) is 26.3 Å². The summed E-state index contributed by atoms with van der Waals surface area (Å²) in [5, 5.41) is 7.98. The first-order valence-corrected chi connectivity index (χ1v) is 19.6. The second-order valence-electron chi connectivity index (χ2n) is 15.0. The van der Waals surface area contributed by atoms with Gasteiger partial charge in [0.15, 0.2) is 5.65 Å². The van der Waals surface area contributed by atoms with Crippen molar-refractivity contribution in [2.24, 2.45) is 0 Å². The minimum Gasteiger partial charge on any atom is -0.457 e. The molecule has 1 atom stereocenters. The van der Waals surface area contributed by atoms with E-state index in [4.69, 9.17) is 15.6 Å². The Hall–Kier alpha value is -6.68. The molecule has 16 nitrogen and oxygen atoms in total. The number of hydrogen-bond donors (Lipinski definition) is 2. The van der Waals surface area contributed by atoms with Gasteiger partial charge in [-0.15, -0.1) is 0 Å². The molecule has 4 aliphatic heterocycles. The minimum atomic E-state index is -1.03. The number of nitrogen functional groups attached to an aromatic ring is 1. The molecule has 295 valence electrons. The van der Waals surface area contributed by atoms with Crippen LogP contribution >= 0.6 is 0 Å². The van der Waals surface area contributed by atoms with Gasteiger partial charge in [0.05, 0.1) is 22.6 Å². The summed E-state index contributed by atoms with van der Waals surface area (Å²) < 4.78 is 7.97. The van der Waals surface area contributed by atoms with Gasteiger partial charge in [-0.2, -0.15) is 5.10 Å². The van der Waals surface area contributed by atoms with Gasteiger partial charge in [-0.3, -0.25) is 34.2 Å². The molecule has 9 rings (SSSR count). The van der Waals surface area contributed by atoms with Crippen molar-refractivity contribution < 1.29 is 28.7 Å². The molecule has 1 radical (unpaired) electrons. The second kappa shape index (κ2) is 15.3. The third-order valence-corrected chi connectivity index (χ3v) is 11.5. The first kappa shape index (κ1) is 36.9. The molecule has 3 N–H and O–H groups in total.